The second kappa shape index (κ2) is 5.83. The Morgan fingerprint density at radius 2 is 1.90 bits per heavy atom. The molecule has 0 saturated carbocycles. The highest BCUT2D eigenvalue weighted by atomic mass is 16.5. The van der Waals surface area contributed by atoms with Crippen molar-refractivity contribution >= 4 is 22.6 Å². The standard InChI is InChI=1S/C16H17NO4/c1-9(2)17-15(19)12-6-4-5-10-7-11(18)8-13(14(10)12)16(20)21-3/h4-9,18H,1-3H3,(H,17,19). The largest absolute Gasteiger partial charge is 0.508 e. The quantitative estimate of drug-likeness (QED) is 0.850. The van der Waals surface area contributed by atoms with E-state index in [2.05, 4.69) is 5.32 Å². The highest BCUT2D eigenvalue weighted by Gasteiger charge is 2.19. The number of phenolic OH excluding ortho intramolecular Hbond substituents is 1. The van der Waals surface area contributed by atoms with E-state index in [1.807, 2.05) is 13.8 Å². The minimum Gasteiger partial charge on any atom is -0.508 e. The number of ether oxygens (including phenoxy) is 1. The van der Waals surface area contributed by atoms with Crippen LogP contribution in [0.5, 0.6) is 5.75 Å². The molecule has 2 aromatic rings. The number of hydrogen-bond acceptors (Lipinski definition) is 4. The molecule has 21 heavy (non-hydrogen) atoms. The third-order valence-electron chi connectivity index (χ3n) is 3.03. The van der Waals surface area contributed by atoms with E-state index in [4.69, 9.17) is 4.74 Å². The molecule has 0 saturated heterocycles. The van der Waals surface area contributed by atoms with Crippen molar-refractivity contribution in [2.45, 2.75) is 19.9 Å². The predicted molar refractivity (Wildman–Crippen MR) is 79.6 cm³/mol. The molecule has 2 rings (SSSR count). The fraction of sp³-hybridized carbons (Fsp3) is 0.250. The molecule has 110 valence electrons. The van der Waals surface area contributed by atoms with Crippen LogP contribution in [0, 0.1) is 0 Å². The van der Waals surface area contributed by atoms with Crippen molar-refractivity contribution in [1.82, 2.24) is 5.32 Å². The Morgan fingerprint density at radius 3 is 2.52 bits per heavy atom. The molecule has 2 N–H and O–H groups in total. The highest BCUT2D eigenvalue weighted by molar-refractivity contribution is 6.15. The van der Waals surface area contributed by atoms with Crippen molar-refractivity contribution in [3.05, 3.63) is 41.5 Å². The number of nitrogens with one attached hydrogen (secondary N) is 1. The summed E-state index contributed by atoms with van der Waals surface area (Å²) in [4.78, 5) is 24.2. The van der Waals surface area contributed by atoms with E-state index >= 15 is 0 Å². The molecule has 0 aromatic heterocycles. The first-order valence-corrected chi connectivity index (χ1v) is 6.59. The van der Waals surface area contributed by atoms with E-state index in [0.29, 0.717) is 16.3 Å². The Kier molecular flexibility index (Phi) is 4.12. The normalized spacial score (nSPS) is 10.7. The van der Waals surface area contributed by atoms with Gasteiger partial charge in [0.2, 0.25) is 0 Å². The van der Waals surface area contributed by atoms with E-state index in [-0.39, 0.29) is 23.3 Å². The molecule has 1 amide bonds. The van der Waals surface area contributed by atoms with Gasteiger partial charge in [-0.3, -0.25) is 4.79 Å². The molecule has 5 heteroatoms. The summed E-state index contributed by atoms with van der Waals surface area (Å²) in [5.41, 5.74) is 0.545. The summed E-state index contributed by atoms with van der Waals surface area (Å²) in [6.45, 7) is 3.71. The van der Waals surface area contributed by atoms with Gasteiger partial charge in [-0.05, 0) is 37.4 Å². The van der Waals surface area contributed by atoms with Crippen LogP contribution in [0.3, 0.4) is 0 Å². The maximum absolute atomic E-state index is 12.3. The van der Waals surface area contributed by atoms with Gasteiger partial charge in [-0.2, -0.15) is 0 Å². The predicted octanol–water partition coefficient (Wildman–Crippen LogP) is 2.47. The van der Waals surface area contributed by atoms with Crippen molar-refractivity contribution < 1.29 is 19.4 Å². The van der Waals surface area contributed by atoms with Crippen LogP contribution in [0.1, 0.15) is 34.6 Å². The Labute approximate surface area is 122 Å². The van der Waals surface area contributed by atoms with Crippen molar-refractivity contribution in [2.24, 2.45) is 0 Å². The lowest BCUT2D eigenvalue weighted by molar-refractivity contribution is 0.0602. The Morgan fingerprint density at radius 1 is 1.19 bits per heavy atom. The number of phenols is 1. The minimum absolute atomic E-state index is 0.0218. The first kappa shape index (κ1) is 14.8. The van der Waals surface area contributed by atoms with Gasteiger partial charge in [-0.25, -0.2) is 4.79 Å². The molecule has 0 aliphatic carbocycles. The molecule has 0 fully saturated rings. The van der Waals surface area contributed by atoms with Crippen LogP contribution in [0.4, 0.5) is 0 Å². The Balaban J connectivity index is 2.72. The van der Waals surface area contributed by atoms with E-state index in [9.17, 15) is 14.7 Å². The SMILES string of the molecule is COC(=O)c1cc(O)cc2cccc(C(=O)NC(C)C)c12. The molecule has 0 aliphatic rings. The van der Waals surface area contributed by atoms with E-state index in [0.717, 1.165) is 0 Å². The van der Waals surface area contributed by atoms with Crippen LogP contribution in [-0.2, 0) is 4.74 Å². The van der Waals surface area contributed by atoms with Gasteiger partial charge in [0.05, 0.1) is 12.7 Å². The summed E-state index contributed by atoms with van der Waals surface area (Å²) in [7, 11) is 1.26. The van der Waals surface area contributed by atoms with Crippen LogP contribution in [-0.4, -0.2) is 30.1 Å². The minimum atomic E-state index is -0.597. The number of hydrogen-bond donors (Lipinski definition) is 2. The van der Waals surface area contributed by atoms with Gasteiger partial charge in [0, 0.05) is 17.0 Å². The maximum atomic E-state index is 12.3. The lowest BCUT2D eigenvalue weighted by Crippen LogP contribution is -2.30. The van der Waals surface area contributed by atoms with E-state index in [1.165, 1.54) is 19.2 Å². The van der Waals surface area contributed by atoms with Gasteiger partial charge in [0.25, 0.3) is 5.91 Å². The average Bonchev–Trinajstić information content (AvgIpc) is 2.43. The van der Waals surface area contributed by atoms with Crippen LogP contribution in [0.2, 0.25) is 0 Å². The number of fused-ring (bicyclic) bond motifs is 1. The molecule has 0 heterocycles. The van der Waals surface area contributed by atoms with Gasteiger partial charge >= 0.3 is 5.97 Å². The first-order chi connectivity index (χ1) is 9.93. The lowest BCUT2D eigenvalue weighted by atomic mass is 9.98. The zero-order valence-corrected chi connectivity index (χ0v) is 12.1. The number of aromatic hydroxyl groups is 1. The third kappa shape index (κ3) is 2.97. The van der Waals surface area contributed by atoms with Crippen molar-refractivity contribution in [3.63, 3.8) is 0 Å². The molecular formula is C16H17NO4. The molecule has 0 spiro atoms. The number of esters is 1. The second-order valence-corrected chi connectivity index (χ2v) is 5.02. The molecule has 0 aliphatic heterocycles. The fourth-order valence-electron chi connectivity index (χ4n) is 2.21. The zero-order valence-electron chi connectivity index (χ0n) is 12.1. The molecule has 2 aromatic carbocycles. The number of methoxy groups -OCH3 is 1. The average molecular weight is 287 g/mol. The Hall–Kier alpha value is -2.56. The summed E-state index contributed by atoms with van der Waals surface area (Å²) in [6.07, 6.45) is 0. The zero-order chi connectivity index (χ0) is 15.6. The van der Waals surface area contributed by atoms with E-state index < -0.39 is 5.97 Å². The number of rotatable bonds is 3. The number of carbonyl (C=O) groups is 2. The molecule has 0 bridgehead atoms. The van der Waals surface area contributed by atoms with Crippen LogP contribution in [0.15, 0.2) is 30.3 Å². The van der Waals surface area contributed by atoms with Crippen LogP contribution >= 0.6 is 0 Å². The molecule has 0 unspecified atom stereocenters. The van der Waals surface area contributed by atoms with Crippen molar-refractivity contribution in [2.75, 3.05) is 7.11 Å². The van der Waals surface area contributed by atoms with E-state index in [1.54, 1.807) is 18.2 Å². The Bertz CT molecular complexity index is 707. The summed E-state index contributed by atoms with van der Waals surface area (Å²) >= 11 is 0. The fourth-order valence-corrected chi connectivity index (χ4v) is 2.21. The maximum Gasteiger partial charge on any atom is 0.338 e. The van der Waals surface area contributed by atoms with Gasteiger partial charge < -0.3 is 15.2 Å². The monoisotopic (exact) mass is 287 g/mol. The summed E-state index contributed by atoms with van der Waals surface area (Å²) in [5, 5.41) is 13.6. The molecule has 0 atom stereocenters. The van der Waals surface area contributed by atoms with Gasteiger partial charge in [-0.1, -0.05) is 12.1 Å². The topological polar surface area (TPSA) is 75.6 Å². The molecule has 5 nitrogen and oxygen atoms in total. The summed E-state index contributed by atoms with van der Waals surface area (Å²) < 4.78 is 4.73. The van der Waals surface area contributed by atoms with Gasteiger partial charge in [-0.15, -0.1) is 0 Å². The summed E-state index contributed by atoms with van der Waals surface area (Å²) in [6, 6.07) is 7.87. The summed E-state index contributed by atoms with van der Waals surface area (Å²) in [5.74, 6) is -0.920. The molecule has 0 radical (unpaired) electrons. The second-order valence-electron chi connectivity index (χ2n) is 5.02. The van der Waals surface area contributed by atoms with Crippen LogP contribution in [0.25, 0.3) is 10.8 Å². The third-order valence-corrected chi connectivity index (χ3v) is 3.03. The number of benzene rings is 2. The highest BCUT2D eigenvalue weighted by Crippen LogP contribution is 2.28. The van der Waals surface area contributed by atoms with Crippen molar-refractivity contribution in [3.8, 4) is 5.75 Å². The van der Waals surface area contributed by atoms with Gasteiger partial charge in [0.15, 0.2) is 0 Å². The first-order valence-electron chi connectivity index (χ1n) is 6.59. The number of carbonyl (C=O) groups excluding carboxylic acids is 2. The molecular weight excluding hydrogens is 270 g/mol. The lowest BCUT2D eigenvalue weighted by Gasteiger charge is -2.13. The van der Waals surface area contributed by atoms with Crippen LogP contribution < -0.4 is 5.32 Å². The van der Waals surface area contributed by atoms with Crippen molar-refractivity contribution in [1.29, 1.82) is 0 Å². The van der Waals surface area contributed by atoms with Gasteiger partial charge in [0.1, 0.15) is 5.75 Å². The smallest absolute Gasteiger partial charge is 0.338 e. The number of amides is 1.